The molecule has 242 valence electrons. The van der Waals surface area contributed by atoms with Crippen LogP contribution in [0.4, 0.5) is 0 Å². The third-order valence-corrected chi connectivity index (χ3v) is 9.85. The van der Waals surface area contributed by atoms with Crippen LogP contribution < -0.4 is 0 Å². The first-order valence-corrected chi connectivity index (χ1v) is 17.3. The summed E-state index contributed by atoms with van der Waals surface area (Å²) in [6.45, 7) is 8.73. The van der Waals surface area contributed by atoms with Gasteiger partial charge < -0.3 is 9.13 Å². The topological polar surface area (TPSA) is 9.86 Å². The normalized spacial score (nSPS) is 11.2. The van der Waals surface area contributed by atoms with E-state index in [0.29, 0.717) is 0 Å². The minimum Gasteiger partial charge on any atom is -0.323 e. The molecule has 2 aromatic heterocycles. The molecule has 0 radical (unpaired) electrons. The number of rotatable bonds is 7. The molecule has 2 heteroatoms. The third kappa shape index (κ3) is 6.01. The van der Waals surface area contributed by atoms with Gasteiger partial charge in [-0.3, -0.25) is 0 Å². The molecule has 0 aliphatic rings. The van der Waals surface area contributed by atoms with E-state index < -0.39 is 0 Å². The van der Waals surface area contributed by atoms with Crippen LogP contribution >= 0.6 is 0 Å². The molecule has 0 spiro atoms. The summed E-state index contributed by atoms with van der Waals surface area (Å²) in [5, 5.41) is 0. The van der Waals surface area contributed by atoms with Gasteiger partial charge in [-0.05, 0) is 96.5 Å². The molecule has 0 unspecified atom stereocenters. The smallest absolute Gasteiger partial charge is 0.0450 e. The highest BCUT2D eigenvalue weighted by Gasteiger charge is 2.17. The van der Waals surface area contributed by atoms with Gasteiger partial charge in [0.2, 0.25) is 0 Å². The van der Waals surface area contributed by atoms with Crippen LogP contribution in [0.5, 0.6) is 0 Å². The van der Waals surface area contributed by atoms with Crippen molar-refractivity contribution in [1.29, 1.82) is 0 Å². The summed E-state index contributed by atoms with van der Waals surface area (Å²) in [6, 6.07) is 52.7. The Morgan fingerprint density at radius 2 is 0.640 bits per heavy atom. The highest BCUT2D eigenvalue weighted by Crippen LogP contribution is 2.40. The number of aromatic nitrogens is 2. The molecule has 8 aromatic rings. The van der Waals surface area contributed by atoms with Gasteiger partial charge in [0.1, 0.15) is 0 Å². The van der Waals surface area contributed by atoms with Gasteiger partial charge in [0.05, 0.1) is 0 Å². The summed E-state index contributed by atoms with van der Waals surface area (Å²) in [5.74, 6) is 0. The van der Waals surface area contributed by atoms with Gasteiger partial charge in [-0.2, -0.15) is 0 Å². The molecule has 2 heterocycles. The van der Waals surface area contributed by atoms with Gasteiger partial charge >= 0.3 is 0 Å². The molecule has 0 aliphatic carbocycles. The summed E-state index contributed by atoms with van der Waals surface area (Å²) in [5.41, 5.74) is 19.7. The molecule has 0 amide bonds. The molecular formula is C48H40N2. The first kappa shape index (κ1) is 31.2. The predicted molar refractivity (Wildman–Crippen MR) is 211 cm³/mol. The minimum atomic E-state index is 1.16. The van der Waals surface area contributed by atoms with E-state index in [2.05, 4.69) is 207 Å². The zero-order valence-corrected chi connectivity index (χ0v) is 29.1. The van der Waals surface area contributed by atoms with E-state index in [4.69, 9.17) is 0 Å². The zero-order chi connectivity index (χ0) is 34.2. The molecule has 8 rings (SSSR count). The maximum Gasteiger partial charge on any atom is 0.0450 e. The van der Waals surface area contributed by atoms with Crippen molar-refractivity contribution in [1.82, 2.24) is 9.13 Å². The Balaban J connectivity index is 1.17. The summed E-state index contributed by atoms with van der Waals surface area (Å²) in [6.07, 6.45) is 9.07. The van der Waals surface area contributed by atoms with Crippen LogP contribution in [0.1, 0.15) is 22.3 Å². The second-order valence-corrected chi connectivity index (χ2v) is 13.4. The van der Waals surface area contributed by atoms with E-state index in [1.165, 1.54) is 77.9 Å². The third-order valence-electron chi connectivity index (χ3n) is 9.85. The fourth-order valence-corrected chi connectivity index (χ4v) is 7.06. The lowest BCUT2D eigenvalue weighted by atomic mass is 9.90. The molecule has 0 aliphatic heterocycles. The SMILES string of the molecule is Cc1ccc(-n2cc(-c3ccccc3)c(-c3ccc(-c4ccc(-c5cn(-c6ccc(C)cc6)cc5-c5ccccc5)cc4C)c(C)c3)c2)cc1. The molecule has 0 saturated carbocycles. The molecule has 50 heavy (non-hydrogen) atoms. The van der Waals surface area contributed by atoms with Crippen LogP contribution in [-0.4, -0.2) is 9.13 Å². The van der Waals surface area contributed by atoms with Crippen molar-refractivity contribution < 1.29 is 0 Å². The lowest BCUT2D eigenvalue weighted by molar-refractivity contribution is 1.08. The second kappa shape index (κ2) is 13.1. The van der Waals surface area contributed by atoms with E-state index in [1.54, 1.807) is 0 Å². The van der Waals surface area contributed by atoms with Gasteiger partial charge in [-0.15, -0.1) is 0 Å². The summed E-state index contributed by atoms with van der Waals surface area (Å²) in [4.78, 5) is 0. The molecule has 0 saturated heterocycles. The maximum absolute atomic E-state index is 2.35. The highest BCUT2D eigenvalue weighted by atomic mass is 15.0. The average molecular weight is 645 g/mol. The monoisotopic (exact) mass is 644 g/mol. The van der Waals surface area contributed by atoms with Crippen molar-refractivity contribution in [3.63, 3.8) is 0 Å². The number of nitrogens with zero attached hydrogens (tertiary/aromatic N) is 2. The molecular weight excluding hydrogens is 605 g/mol. The van der Waals surface area contributed by atoms with Crippen molar-refractivity contribution in [2.24, 2.45) is 0 Å². The van der Waals surface area contributed by atoms with Crippen molar-refractivity contribution in [2.75, 3.05) is 0 Å². The fraction of sp³-hybridized carbons (Fsp3) is 0.0833. The van der Waals surface area contributed by atoms with E-state index in [0.717, 1.165) is 11.4 Å². The van der Waals surface area contributed by atoms with Gasteiger partial charge in [0.15, 0.2) is 0 Å². The lowest BCUT2D eigenvalue weighted by Gasteiger charge is -2.14. The van der Waals surface area contributed by atoms with E-state index in [9.17, 15) is 0 Å². The Hall–Kier alpha value is -6.12. The van der Waals surface area contributed by atoms with Crippen LogP contribution in [0, 0.1) is 27.7 Å². The van der Waals surface area contributed by atoms with Crippen molar-refractivity contribution in [2.45, 2.75) is 27.7 Å². The number of aryl methyl sites for hydroxylation is 4. The summed E-state index contributed by atoms with van der Waals surface area (Å²) >= 11 is 0. The molecule has 2 nitrogen and oxygen atoms in total. The lowest BCUT2D eigenvalue weighted by Crippen LogP contribution is -1.91. The van der Waals surface area contributed by atoms with E-state index in [1.807, 2.05) is 0 Å². The number of hydrogen-bond acceptors (Lipinski definition) is 0. The van der Waals surface area contributed by atoms with Crippen LogP contribution in [0.25, 0.3) is 67.0 Å². The Labute approximate surface area is 295 Å². The number of benzene rings is 6. The van der Waals surface area contributed by atoms with Gasteiger partial charge in [-0.1, -0.05) is 132 Å². The highest BCUT2D eigenvalue weighted by molar-refractivity contribution is 5.88. The first-order valence-electron chi connectivity index (χ1n) is 17.3. The molecule has 6 aromatic carbocycles. The molecule has 0 N–H and O–H groups in total. The van der Waals surface area contributed by atoms with Crippen LogP contribution in [0.2, 0.25) is 0 Å². The Morgan fingerprint density at radius 1 is 0.300 bits per heavy atom. The van der Waals surface area contributed by atoms with E-state index in [-0.39, 0.29) is 0 Å². The van der Waals surface area contributed by atoms with Crippen molar-refractivity contribution >= 4 is 0 Å². The van der Waals surface area contributed by atoms with E-state index >= 15 is 0 Å². The Kier molecular flexibility index (Phi) is 8.14. The quantitative estimate of drug-likeness (QED) is 0.163. The average Bonchev–Trinajstić information content (AvgIpc) is 3.80. The van der Waals surface area contributed by atoms with Crippen molar-refractivity contribution in [3.8, 4) is 67.0 Å². The minimum absolute atomic E-state index is 1.16. The Morgan fingerprint density at radius 3 is 0.980 bits per heavy atom. The fourth-order valence-electron chi connectivity index (χ4n) is 7.06. The van der Waals surface area contributed by atoms with Gasteiger partial charge in [-0.25, -0.2) is 0 Å². The molecule has 0 fully saturated rings. The zero-order valence-electron chi connectivity index (χ0n) is 29.1. The van der Waals surface area contributed by atoms with Crippen LogP contribution in [-0.2, 0) is 0 Å². The van der Waals surface area contributed by atoms with Crippen LogP contribution in [0.15, 0.2) is 170 Å². The second-order valence-electron chi connectivity index (χ2n) is 13.4. The predicted octanol–water partition coefficient (Wildman–Crippen LogP) is 12.8. The summed E-state index contributed by atoms with van der Waals surface area (Å²) < 4.78 is 4.50. The maximum atomic E-state index is 2.35. The summed E-state index contributed by atoms with van der Waals surface area (Å²) in [7, 11) is 0. The first-order chi connectivity index (χ1) is 24.4. The largest absolute Gasteiger partial charge is 0.323 e. The molecule has 0 bridgehead atoms. The Bertz CT molecular complexity index is 2250. The van der Waals surface area contributed by atoms with Gasteiger partial charge in [0, 0.05) is 58.4 Å². The van der Waals surface area contributed by atoms with Crippen molar-refractivity contribution in [3.05, 3.63) is 193 Å². The number of hydrogen-bond donors (Lipinski definition) is 0. The van der Waals surface area contributed by atoms with Gasteiger partial charge in [0.25, 0.3) is 0 Å². The molecule has 0 atom stereocenters. The van der Waals surface area contributed by atoms with Crippen LogP contribution in [0.3, 0.4) is 0 Å². The standard InChI is InChI=1S/C48H40N2/c1-33-15-21-41(22-16-33)49-29-45(37-11-7-5-8-12-37)47(31-49)39-19-25-43(35(3)27-39)44-26-20-40(28-36(44)4)48-32-50(42-23-17-34(2)18-24-42)30-46(48)38-13-9-6-10-14-38/h5-32H,1-4H3.